The van der Waals surface area contributed by atoms with Crippen LogP contribution in [0.3, 0.4) is 0 Å². The van der Waals surface area contributed by atoms with E-state index in [0.29, 0.717) is 19.1 Å². The van der Waals surface area contributed by atoms with Gasteiger partial charge < -0.3 is 30.2 Å². The van der Waals surface area contributed by atoms with Gasteiger partial charge in [-0.15, -0.1) is 0 Å². The van der Waals surface area contributed by atoms with Crippen molar-refractivity contribution in [2.24, 2.45) is 11.8 Å². The number of nitrogens with one attached hydrogen (secondary N) is 2. The van der Waals surface area contributed by atoms with Crippen molar-refractivity contribution in [2.75, 3.05) is 0 Å². The number of hydrogen-bond acceptors (Lipinski definition) is 6. The Kier molecular flexibility index (Phi) is 13.6. The number of amides is 3. The fraction of sp³-hybridized carbons (Fsp3) is 0.857. The van der Waals surface area contributed by atoms with E-state index < -0.39 is 41.8 Å². The van der Waals surface area contributed by atoms with Gasteiger partial charge in [-0.3, -0.25) is 9.59 Å². The van der Waals surface area contributed by atoms with Crippen molar-refractivity contribution >= 4 is 24.2 Å². The van der Waals surface area contributed by atoms with Crippen molar-refractivity contribution in [1.82, 2.24) is 15.5 Å². The molecule has 0 spiro atoms. The summed E-state index contributed by atoms with van der Waals surface area (Å²) < 4.78 is 5.25. The van der Waals surface area contributed by atoms with Gasteiger partial charge in [-0.25, -0.2) is 4.79 Å². The summed E-state index contributed by atoms with van der Waals surface area (Å²) in [7, 11) is 0. The van der Waals surface area contributed by atoms with Gasteiger partial charge in [0.2, 0.25) is 11.8 Å². The van der Waals surface area contributed by atoms with Crippen molar-refractivity contribution in [3.8, 4) is 0 Å². The van der Waals surface area contributed by atoms with Crippen molar-refractivity contribution in [2.45, 2.75) is 143 Å². The molecule has 0 aromatic rings. The third-order valence-electron chi connectivity index (χ3n) is 6.98. The number of hydrogen-bond donors (Lipinski definition) is 3. The monoisotopic (exact) mass is 525 g/mol. The maximum Gasteiger partial charge on any atom is 0.408 e. The van der Waals surface area contributed by atoms with E-state index in [0.717, 1.165) is 32.1 Å². The zero-order chi connectivity index (χ0) is 28.3. The van der Waals surface area contributed by atoms with Crippen LogP contribution >= 0.6 is 0 Å². The first kappa shape index (κ1) is 32.9. The highest BCUT2D eigenvalue weighted by molar-refractivity contribution is 5.91. The Hall–Kier alpha value is -2.16. The largest absolute Gasteiger partial charge is 0.444 e. The first-order valence-corrected chi connectivity index (χ1v) is 14.0. The summed E-state index contributed by atoms with van der Waals surface area (Å²) >= 11 is 0. The van der Waals surface area contributed by atoms with E-state index in [1.54, 1.807) is 32.6 Å². The van der Waals surface area contributed by atoms with Gasteiger partial charge in [0.05, 0.1) is 12.1 Å². The number of rotatable bonds is 13. The van der Waals surface area contributed by atoms with Crippen LogP contribution in [-0.2, 0) is 19.1 Å². The zero-order valence-corrected chi connectivity index (χ0v) is 24.2. The number of aliphatic hydroxyl groups is 1. The van der Waals surface area contributed by atoms with Gasteiger partial charge in [0.15, 0.2) is 0 Å². The Labute approximate surface area is 223 Å². The second-order valence-corrected chi connectivity index (χ2v) is 11.9. The second kappa shape index (κ2) is 15.3. The van der Waals surface area contributed by atoms with E-state index in [-0.39, 0.29) is 30.2 Å². The highest BCUT2D eigenvalue weighted by Crippen LogP contribution is 2.30. The molecule has 37 heavy (non-hydrogen) atoms. The lowest BCUT2D eigenvalue weighted by Gasteiger charge is -2.44. The minimum absolute atomic E-state index is 0.0505. The van der Waals surface area contributed by atoms with Crippen LogP contribution in [0, 0.1) is 11.8 Å². The Bertz CT molecular complexity index is 745. The number of ether oxygens (including phenoxy) is 1. The normalized spacial score (nSPS) is 18.8. The summed E-state index contributed by atoms with van der Waals surface area (Å²) in [5, 5.41) is 16.4. The average molecular weight is 526 g/mol. The molecule has 0 radical (unpaired) electrons. The molecule has 1 fully saturated rings. The van der Waals surface area contributed by atoms with Crippen molar-refractivity contribution in [3.63, 3.8) is 0 Å². The van der Waals surface area contributed by atoms with Crippen LogP contribution < -0.4 is 10.6 Å². The molecule has 0 bridgehead atoms. The van der Waals surface area contributed by atoms with Crippen LogP contribution in [0.1, 0.15) is 107 Å². The maximum atomic E-state index is 14.2. The maximum absolute atomic E-state index is 14.2. The smallest absolute Gasteiger partial charge is 0.408 e. The highest BCUT2D eigenvalue weighted by atomic mass is 16.6. The van der Waals surface area contributed by atoms with E-state index in [1.165, 1.54) is 0 Å². The Balaban J connectivity index is 3.27. The molecule has 1 rings (SSSR count). The predicted molar refractivity (Wildman–Crippen MR) is 144 cm³/mol. The van der Waals surface area contributed by atoms with Crippen LogP contribution in [0.2, 0.25) is 0 Å². The minimum atomic E-state index is -0.980. The Morgan fingerprint density at radius 2 is 1.65 bits per heavy atom. The van der Waals surface area contributed by atoms with E-state index >= 15 is 0 Å². The molecule has 0 aromatic carbocycles. The quantitative estimate of drug-likeness (QED) is 0.313. The summed E-state index contributed by atoms with van der Waals surface area (Å²) in [4.78, 5) is 52.6. The van der Waals surface area contributed by atoms with Gasteiger partial charge in [0, 0.05) is 12.5 Å². The molecule has 214 valence electrons. The molecule has 3 N–H and O–H groups in total. The fourth-order valence-corrected chi connectivity index (χ4v) is 4.84. The average Bonchev–Trinajstić information content (AvgIpc) is 2.80. The summed E-state index contributed by atoms with van der Waals surface area (Å²) in [6, 6.07) is -2.33. The van der Waals surface area contributed by atoms with Crippen LogP contribution in [0.5, 0.6) is 0 Å². The number of carbonyl (C=O) groups is 4. The molecule has 1 aliphatic rings. The number of nitrogens with zero attached hydrogens (tertiary/aromatic N) is 1. The summed E-state index contributed by atoms with van der Waals surface area (Å²) in [6.45, 7) is 14.7. The Morgan fingerprint density at radius 3 is 2.14 bits per heavy atom. The van der Waals surface area contributed by atoms with Gasteiger partial charge >= 0.3 is 6.09 Å². The molecule has 0 aliphatic heterocycles. The van der Waals surface area contributed by atoms with Gasteiger partial charge in [-0.05, 0) is 58.8 Å². The molecular formula is C28H51N3O6. The van der Waals surface area contributed by atoms with Crippen molar-refractivity contribution in [1.29, 1.82) is 0 Å². The van der Waals surface area contributed by atoms with Crippen LogP contribution in [0.4, 0.5) is 4.79 Å². The van der Waals surface area contributed by atoms with Gasteiger partial charge in [0.25, 0.3) is 0 Å². The molecule has 0 heterocycles. The summed E-state index contributed by atoms with van der Waals surface area (Å²) in [5.41, 5.74) is -0.705. The molecule has 1 saturated carbocycles. The van der Waals surface area contributed by atoms with E-state index in [1.807, 2.05) is 27.7 Å². The standard InChI is InChI=1S/C28H51N3O6/c1-9-19(4)24(30-25(34)20(5)29-27(36)37-28(6,7)8)26(35)31(21-13-11-10-12-14-21)22(17-18(2)3)23(33)15-16-32/h16,18-24,33H,9-15,17H2,1-8H3,(H,29,36)(H,30,34)/t19-,20-,22-,23-,24-/m0/s1. The SMILES string of the molecule is CC[C@H](C)[C@H](NC(=O)[C@H](C)NC(=O)OC(C)(C)C)C(=O)N(C1CCCCC1)[C@@H](CC(C)C)[C@@H](O)CC=O. The molecular weight excluding hydrogens is 474 g/mol. The number of alkyl carbamates (subject to hydrolysis) is 1. The topological polar surface area (TPSA) is 125 Å². The first-order chi connectivity index (χ1) is 17.2. The second-order valence-electron chi connectivity index (χ2n) is 11.9. The van der Waals surface area contributed by atoms with E-state index in [4.69, 9.17) is 4.74 Å². The minimum Gasteiger partial charge on any atom is -0.444 e. The summed E-state index contributed by atoms with van der Waals surface area (Å²) in [5.74, 6) is -0.712. The van der Waals surface area contributed by atoms with Gasteiger partial charge in [-0.1, -0.05) is 53.4 Å². The highest BCUT2D eigenvalue weighted by Gasteiger charge is 2.40. The van der Waals surface area contributed by atoms with Crippen molar-refractivity contribution < 1.29 is 29.0 Å². The lowest BCUT2D eigenvalue weighted by molar-refractivity contribution is -0.147. The van der Waals surface area contributed by atoms with Gasteiger partial charge in [-0.2, -0.15) is 0 Å². The lowest BCUT2D eigenvalue weighted by Crippen LogP contribution is -2.61. The Morgan fingerprint density at radius 1 is 1.05 bits per heavy atom. The molecule has 0 aromatic heterocycles. The summed E-state index contributed by atoms with van der Waals surface area (Å²) in [6.07, 6.45) is 4.88. The number of carbonyl (C=O) groups excluding carboxylic acids is 4. The zero-order valence-electron chi connectivity index (χ0n) is 24.2. The third-order valence-corrected chi connectivity index (χ3v) is 6.98. The molecule has 3 amide bonds. The molecule has 1 aliphatic carbocycles. The molecule has 9 nitrogen and oxygen atoms in total. The third kappa shape index (κ3) is 11.0. The van der Waals surface area contributed by atoms with Crippen LogP contribution in [0.15, 0.2) is 0 Å². The van der Waals surface area contributed by atoms with E-state index in [9.17, 15) is 24.3 Å². The fourth-order valence-electron chi connectivity index (χ4n) is 4.84. The molecule has 0 unspecified atom stereocenters. The van der Waals surface area contributed by atoms with Crippen molar-refractivity contribution in [3.05, 3.63) is 0 Å². The first-order valence-electron chi connectivity index (χ1n) is 14.0. The lowest BCUT2D eigenvalue weighted by atomic mass is 9.87. The number of aliphatic hydroxyl groups excluding tert-OH is 1. The molecule has 0 saturated heterocycles. The van der Waals surface area contributed by atoms with Crippen LogP contribution in [-0.4, -0.2) is 70.1 Å². The molecule has 9 heteroatoms. The van der Waals surface area contributed by atoms with Gasteiger partial charge in [0.1, 0.15) is 24.0 Å². The molecule has 5 atom stereocenters. The predicted octanol–water partition coefficient (Wildman–Crippen LogP) is 3.96. The van der Waals surface area contributed by atoms with E-state index in [2.05, 4.69) is 10.6 Å². The number of aldehydes is 1. The van der Waals surface area contributed by atoms with Crippen LogP contribution in [0.25, 0.3) is 0 Å².